The Morgan fingerprint density at radius 3 is 2.26 bits per heavy atom. The molecule has 3 aromatic rings. The number of nitro benzene ring substituents is 1. The standard InChI is InChI=1S/C25H15ClF3N3O7/c1-38-16-6-4-15(5-7-16)31-23(34)17(22(33)30-24(31)35)10-13-2-8-20(18(26)11-13)39-21-9-3-14(25(27,28)29)12-19(21)32(36)37/h2-12H,1H3,(H,30,33,35)/b17-10+. The number of rotatable bonds is 6. The minimum absolute atomic E-state index is 0.134. The van der Waals surface area contributed by atoms with Gasteiger partial charge in [-0.2, -0.15) is 13.2 Å². The van der Waals surface area contributed by atoms with Crippen LogP contribution in [0.25, 0.3) is 6.08 Å². The number of methoxy groups -OCH3 is 1. The van der Waals surface area contributed by atoms with Gasteiger partial charge in [0.2, 0.25) is 5.75 Å². The average Bonchev–Trinajstić information content (AvgIpc) is 2.87. The Hall–Kier alpha value is -4.91. The smallest absolute Gasteiger partial charge is 0.416 e. The molecular weight excluding hydrogens is 547 g/mol. The van der Waals surface area contributed by atoms with Crippen LogP contribution in [0.4, 0.5) is 29.3 Å². The lowest BCUT2D eigenvalue weighted by molar-refractivity contribution is -0.385. The number of nitro groups is 1. The second-order valence-corrected chi connectivity index (χ2v) is 8.29. The third-order valence-electron chi connectivity index (χ3n) is 5.40. The molecule has 1 saturated heterocycles. The van der Waals surface area contributed by atoms with Gasteiger partial charge in [0.1, 0.15) is 17.1 Å². The summed E-state index contributed by atoms with van der Waals surface area (Å²) in [6.45, 7) is 0. The summed E-state index contributed by atoms with van der Waals surface area (Å²) in [4.78, 5) is 48.9. The van der Waals surface area contributed by atoms with E-state index in [-0.39, 0.29) is 22.0 Å². The summed E-state index contributed by atoms with van der Waals surface area (Å²) in [5.41, 5.74) is -2.16. The van der Waals surface area contributed by atoms with Gasteiger partial charge < -0.3 is 9.47 Å². The van der Waals surface area contributed by atoms with E-state index in [0.717, 1.165) is 17.0 Å². The van der Waals surface area contributed by atoms with Crippen molar-refractivity contribution in [3.05, 3.63) is 92.5 Å². The number of anilines is 1. The quantitative estimate of drug-likeness (QED) is 0.176. The number of hydrogen-bond acceptors (Lipinski definition) is 7. The fraction of sp³-hybridized carbons (Fsp3) is 0.0800. The van der Waals surface area contributed by atoms with Crippen molar-refractivity contribution >= 4 is 46.9 Å². The molecule has 0 bridgehead atoms. The van der Waals surface area contributed by atoms with E-state index in [1.807, 2.05) is 0 Å². The Balaban J connectivity index is 1.62. The number of hydrogen-bond donors (Lipinski definition) is 1. The van der Waals surface area contributed by atoms with Gasteiger partial charge in [0.15, 0.2) is 0 Å². The number of benzene rings is 3. The molecule has 200 valence electrons. The highest BCUT2D eigenvalue weighted by Crippen LogP contribution is 2.39. The molecule has 0 aromatic heterocycles. The van der Waals surface area contributed by atoms with Crippen LogP contribution in [0.3, 0.4) is 0 Å². The Labute approximate surface area is 222 Å². The number of nitrogens with zero attached hydrogens (tertiary/aromatic N) is 2. The van der Waals surface area contributed by atoms with Crippen molar-refractivity contribution in [2.24, 2.45) is 0 Å². The molecule has 1 fully saturated rings. The van der Waals surface area contributed by atoms with Gasteiger partial charge in [0, 0.05) is 6.07 Å². The van der Waals surface area contributed by atoms with Crippen LogP contribution in [0, 0.1) is 10.1 Å². The maximum atomic E-state index is 13.0. The van der Waals surface area contributed by atoms with Gasteiger partial charge in [-0.25, -0.2) is 9.69 Å². The predicted molar refractivity (Wildman–Crippen MR) is 132 cm³/mol. The summed E-state index contributed by atoms with van der Waals surface area (Å²) < 4.78 is 49.3. The number of halogens is 4. The van der Waals surface area contributed by atoms with E-state index in [1.165, 1.54) is 49.6 Å². The SMILES string of the molecule is COc1ccc(N2C(=O)NC(=O)/C(=C\c3ccc(Oc4ccc(C(F)(F)F)cc4[N+](=O)[O-])c(Cl)c3)C2=O)cc1. The molecule has 10 nitrogen and oxygen atoms in total. The van der Waals surface area contributed by atoms with Gasteiger partial charge in [-0.05, 0) is 60.2 Å². The summed E-state index contributed by atoms with van der Waals surface area (Å²) in [6.07, 6.45) is -3.64. The Bertz CT molecular complexity index is 1540. The molecule has 0 aliphatic carbocycles. The van der Waals surface area contributed by atoms with Crippen LogP contribution >= 0.6 is 11.6 Å². The van der Waals surface area contributed by atoms with Crippen molar-refractivity contribution in [3.8, 4) is 17.2 Å². The van der Waals surface area contributed by atoms with Gasteiger partial charge in [-0.3, -0.25) is 25.0 Å². The first-order valence-electron chi connectivity index (χ1n) is 10.8. The number of carbonyl (C=O) groups excluding carboxylic acids is 3. The Morgan fingerprint density at radius 2 is 1.67 bits per heavy atom. The molecule has 1 heterocycles. The second kappa shape index (κ2) is 10.5. The molecular formula is C25H15ClF3N3O7. The van der Waals surface area contributed by atoms with Crippen LogP contribution in [0.1, 0.15) is 11.1 Å². The second-order valence-electron chi connectivity index (χ2n) is 7.89. The Kier molecular flexibility index (Phi) is 7.27. The topological polar surface area (TPSA) is 128 Å². The van der Waals surface area contributed by atoms with E-state index in [0.29, 0.717) is 17.9 Å². The molecule has 1 aliphatic rings. The summed E-state index contributed by atoms with van der Waals surface area (Å²) in [6, 6.07) is 10.6. The summed E-state index contributed by atoms with van der Waals surface area (Å²) in [5.74, 6) is -2.01. The lowest BCUT2D eigenvalue weighted by Gasteiger charge is -2.26. The minimum Gasteiger partial charge on any atom is -0.497 e. The van der Waals surface area contributed by atoms with Crippen LogP contribution in [0.5, 0.6) is 17.2 Å². The van der Waals surface area contributed by atoms with Crippen molar-refractivity contribution in [2.45, 2.75) is 6.18 Å². The van der Waals surface area contributed by atoms with Gasteiger partial charge in [0.25, 0.3) is 11.8 Å². The third kappa shape index (κ3) is 5.67. The van der Waals surface area contributed by atoms with Crippen LogP contribution in [-0.2, 0) is 15.8 Å². The van der Waals surface area contributed by atoms with Crippen molar-refractivity contribution in [2.75, 3.05) is 12.0 Å². The maximum absolute atomic E-state index is 13.0. The van der Waals surface area contributed by atoms with Gasteiger partial charge >= 0.3 is 17.9 Å². The largest absolute Gasteiger partial charge is 0.497 e. The van der Waals surface area contributed by atoms with Crippen molar-refractivity contribution in [1.82, 2.24) is 5.32 Å². The molecule has 0 spiro atoms. The van der Waals surface area contributed by atoms with Crippen LogP contribution < -0.4 is 19.7 Å². The number of barbiturate groups is 1. The average molecular weight is 562 g/mol. The zero-order chi connectivity index (χ0) is 28.5. The lowest BCUT2D eigenvalue weighted by Crippen LogP contribution is -2.54. The number of amides is 4. The number of alkyl halides is 3. The number of nitrogens with one attached hydrogen (secondary N) is 1. The van der Waals surface area contributed by atoms with Crippen LogP contribution in [0.2, 0.25) is 5.02 Å². The molecule has 1 aliphatic heterocycles. The first-order valence-corrected chi connectivity index (χ1v) is 11.2. The van der Waals surface area contributed by atoms with Gasteiger partial charge in [-0.1, -0.05) is 17.7 Å². The van der Waals surface area contributed by atoms with Crippen LogP contribution in [0.15, 0.2) is 66.2 Å². The highest BCUT2D eigenvalue weighted by atomic mass is 35.5. The number of ether oxygens (including phenoxy) is 2. The van der Waals surface area contributed by atoms with E-state index < -0.39 is 51.5 Å². The van der Waals surface area contributed by atoms with E-state index in [1.54, 1.807) is 0 Å². The molecule has 3 aromatic carbocycles. The minimum atomic E-state index is -4.80. The molecule has 0 unspecified atom stereocenters. The summed E-state index contributed by atoms with van der Waals surface area (Å²) in [5, 5.41) is 13.3. The van der Waals surface area contributed by atoms with Gasteiger partial charge in [-0.15, -0.1) is 0 Å². The van der Waals surface area contributed by atoms with Crippen LogP contribution in [-0.4, -0.2) is 29.9 Å². The number of urea groups is 1. The fourth-order valence-electron chi connectivity index (χ4n) is 3.52. The lowest BCUT2D eigenvalue weighted by atomic mass is 10.1. The molecule has 14 heteroatoms. The molecule has 0 saturated carbocycles. The van der Waals surface area contributed by atoms with E-state index in [9.17, 15) is 37.7 Å². The van der Waals surface area contributed by atoms with Crippen molar-refractivity contribution in [1.29, 1.82) is 0 Å². The fourth-order valence-corrected chi connectivity index (χ4v) is 3.75. The van der Waals surface area contributed by atoms with E-state index in [4.69, 9.17) is 21.1 Å². The van der Waals surface area contributed by atoms with E-state index in [2.05, 4.69) is 5.32 Å². The first-order chi connectivity index (χ1) is 18.4. The first kappa shape index (κ1) is 27.1. The molecule has 0 radical (unpaired) electrons. The predicted octanol–water partition coefficient (Wildman–Crippen LogP) is 5.73. The number of carbonyl (C=O) groups is 3. The van der Waals surface area contributed by atoms with Gasteiger partial charge in [0.05, 0.1) is 28.3 Å². The zero-order valence-electron chi connectivity index (χ0n) is 19.6. The zero-order valence-corrected chi connectivity index (χ0v) is 20.4. The monoisotopic (exact) mass is 561 g/mol. The Morgan fingerprint density at radius 1 is 1.00 bits per heavy atom. The molecule has 4 amide bonds. The molecule has 39 heavy (non-hydrogen) atoms. The molecule has 0 atom stereocenters. The summed E-state index contributed by atoms with van der Waals surface area (Å²) in [7, 11) is 1.44. The van der Waals surface area contributed by atoms with E-state index >= 15 is 0 Å². The van der Waals surface area contributed by atoms with Crippen molar-refractivity contribution in [3.63, 3.8) is 0 Å². The van der Waals surface area contributed by atoms with Crippen molar-refractivity contribution < 1.29 is 42.0 Å². The maximum Gasteiger partial charge on any atom is 0.416 e. The highest BCUT2D eigenvalue weighted by molar-refractivity contribution is 6.39. The molecule has 4 rings (SSSR count). The molecule has 1 N–H and O–H groups in total. The number of imide groups is 2. The highest BCUT2D eigenvalue weighted by Gasteiger charge is 2.37. The normalized spacial score (nSPS) is 14.8. The summed E-state index contributed by atoms with van der Waals surface area (Å²) >= 11 is 6.22. The third-order valence-corrected chi connectivity index (χ3v) is 5.70.